The topological polar surface area (TPSA) is 73.5 Å². The van der Waals surface area contributed by atoms with E-state index in [1.807, 2.05) is 18.7 Å². The maximum atomic E-state index is 12.2. The molecule has 1 unspecified atom stereocenters. The number of rotatable bonds is 3. The first-order valence-corrected chi connectivity index (χ1v) is 8.38. The Labute approximate surface area is 124 Å². The number of hydrogen-bond acceptors (Lipinski definition) is 4. The predicted octanol–water partition coefficient (Wildman–Crippen LogP) is 0.348. The maximum Gasteiger partial charge on any atom is 0.315 e. The minimum atomic E-state index is -0.112. The van der Waals surface area contributed by atoms with Crippen molar-refractivity contribution in [1.29, 1.82) is 0 Å². The lowest BCUT2D eigenvalue weighted by molar-refractivity contribution is -0.133. The summed E-state index contributed by atoms with van der Waals surface area (Å²) in [4.78, 5) is 25.8. The van der Waals surface area contributed by atoms with Crippen LogP contribution in [0.4, 0.5) is 4.79 Å². The van der Waals surface area contributed by atoms with Crippen LogP contribution in [0.25, 0.3) is 0 Å². The third-order valence-corrected chi connectivity index (χ3v) is 4.52. The fourth-order valence-electron chi connectivity index (χ4n) is 2.51. The summed E-state index contributed by atoms with van der Waals surface area (Å²) >= 11 is 1.77. The lowest BCUT2D eigenvalue weighted by Crippen LogP contribution is -2.53. The van der Waals surface area contributed by atoms with Crippen LogP contribution in [-0.4, -0.2) is 59.7 Å². The SMILES string of the molecule is CC(C)NC(=O)NC1CCN(C(=O)C2CSCN2)CC1. The summed E-state index contributed by atoms with van der Waals surface area (Å²) in [6.07, 6.45) is 1.66. The Kier molecular flexibility index (Phi) is 5.54. The molecular formula is C13H24N4O2S. The molecule has 2 aliphatic heterocycles. The van der Waals surface area contributed by atoms with Gasteiger partial charge in [0, 0.05) is 36.8 Å². The Morgan fingerprint density at radius 1 is 1.30 bits per heavy atom. The van der Waals surface area contributed by atoms with Crippen molar-refractivity contribution in [3.05, 3.63) is 0 Å². The zero-order chi connectivity index (χ0) is 14.5. The third kappa shape index (κ3) is 4.28. The summed E-state index contributed by atoms with van der Waals surface area (Å²) < 4.78 is 0. The van der Waals surface area contributed by atoms with Gasteiger partial charge in [-0.3, -0.25) is 10.1 Å². The van der Waals surface area contributed by atoms with Crippen molar-refractivity contribution >= 4 is 23.7 Å². The van der Waals surface area contributed by atoms with E-state index in [-0.39, 0.29) is 30.1 Å². The summed E-state index contributed by atoms with van der Waals surface area (Å²) in [5.41, 5.74) is 0. The molecule has 0 spiro atoms. The Bertz CT molecular complexity index is 350. The molecule has 6 nitrogen and oxygen atoms in total. The van der Waals surface area contributed by atoms with E-state index in [2.05, 4.69) is 16.0 Å². The molecule has 0 aliphatic carbocycles. The molecule has 2 aliphatic rings. The number of amides is 3. The number of piperidine rings is 1. The Balaban J connectivity index is 1.72. The Hall–Kier alpha value is -0.950. The number of hydrogen-bond donors (Lipinski definition) is 3. The molecule has 0 radical (unpaired) electrons. The smallest absolute Gasteiger partial charge is 0.315 e. The highest BCUT2D eigenvalue weighted by atomic mass is 32.2. The zero-order valence-corrected chi connectivity index (χ0v) is 13.0. The number of likely N-dealkylation sites (tertiary alicyclic amines) is 1. The van der Waals surface area contributed by atoms with Crippen LogP contribution < -0.4 is 16.0 Å². The van der Waals surface area contributed by atoms with E-state index in [9.17, 15) is 9.59 Å². The van der Waals surface area contributed by atoms with Gasteiger partial charge in [-0.1, -0.05) is 0 Å². The average Bonchev–Trinajstić information content (AvgIpc) is 2.91. The van der Waals surface area contributed by atoms with Gasteiger partial charge in [0.2, 0.25) is 5.91 Å². The van der Waals surface area contributed by atoms with Gasteiger partial charge in [0.05, 0.1) is 6.04 Å². The maximum absolute atomic E-state index is 12.2. The van der Waals surface area contributed by atoms with Crippen LogP contribution >= 0.6 is 11.8 Å². The van der Waals surface area contributed by atoms with E-state index < -0.39 is 0 Å². The second-order valence-corrected chi connectivity index (χ2v) is 6.67. The first-order valence-electron chi connectivity index (χ1n) is 7.23. The monoisotopic (exact) mass is 300 g/mol. The van der Waals surface area contributed by atoms with Crippen molar-refractivity contribution < 1.29 is 9.59 Å². The van der Waals surface area contributed by atoms with Crippen LogP contribution in [0.1, 0.15) is 26.7 Å². The molecule has 114 valence electrons. The van der Waals surface area contributed by atoms with Gasteiger partial charge in [0.1, 0.15) is 0 Å². The number of nitrogens with one attached hydrogen (secondary N) is 3. The first-order chi connectivity index (χ1) is 9.56. The Morgan fingerprint density at radius 2 is 2.00 bits per heavy atom. The van der Waals surface area contributed by atoms with Gasteiger partial charge in [-0.15, -0.1) is 11.8 Å². The van der Waals surface area contributed by atoms with Crippen molar-refractivity contribution in [3.8, 4) is 0 Å². The molecule has 0 aromatic heterocycles. The first kappa shape index (κ1) is 15.4. The minimum Gasteiger partial charge on any atom is -0.341 e. The normalized spacial score (nSPS) is 23.9. The molecule has 3 amide bonds. The molecule has 2 fully saturated rings. The average molecular weight is 300 g/mol. The van der Waals surface area contributed by atoms with Crippen LogP contribution in [0.2, 0.25) is 0 Å². The molecule has 2 saturated heterocycles. The van der Waals surface area contributed by atoms with E-state index in [0.29, 0.717) is 0 Å². The zero-order valence-electron chi connectivity index (χ0n) is 12.1. The highest BCUT2D eigenvalue weighted by molar-refractivity contribution is 7.99. The van der Waals surface area contributed by atoms with E-state index >= 15 is 0 Å². The van der Waals surface area contributed by atoms with Crippen LogP contribution in [0.3, 0.4) is 0 Å². The molecule has 0 saturated carbocycles. The van der Waals surface area contributed by atoms with Crippen molar-refractivity contribution in [2.24, 2.45) is 0 Å². The molecule has 3 N–H and O–H groups in total. The number of urea groups is 1. The second kappa shape index (κ2) is 7.17. The predicted molar refractivity (Wildman–Crippen MR) is 80.7 cm³/mol. The van der Waals surface area contributed by atoms with Crippen molar-refractivity contribution in [1.82, 2.24) is 20.9 Å². The number of thioether (sulfide) groups is 1. The van der Waals surface area contributed by atoms with Crippen molar-refractivity contribution in [2.45, 2.75) is 44.8 Å². The van der Waals surface area contributed by atoms with Gasteiger partial charge >= 0.3 is 6.03 Å². The number of carbonyl (C=O) groups excluding carboxylic acids is 2. The summed E-state index contributed by atoms with van der Waals surface area (Å²) in [6.45, 7) is 5.34. The quantitative estimate of drug-likeness (QED) is 0.703. The molecule has 20 heavy (non-hydrogen) atoms. The van der Waals surface area contributed by atoms with E-state index in [1.165, 1.54) is 0 Å². The fourth-order valence-corrected chi connectivity index (χ4v) is 3.44. The van der Waals surface area contributed by atoms with Gasteiger partial charge in [-0.25, -0.2) is 4.79 Å². The largest absolute Gasteiger partial charge is 0.341 e. The van der Waals surface area contributed by atoms with Crippen LogP contribution in [0, 0.1) is 0 Å². The molecular weight excluding hydrogens is 276 g/mol. The molecule has 0 aromatic rings. The molecule has 0 bridgehead atoms. The number of carbonyl (C=O) groups is 2. The van der Waals surface area contributed by atoms with Crippen molar-refractivity contribution in [3.63, 3.8) is 0 Å². The van der Waals surface area contributed by atoms with E-state index in [1.54, 1.807) is 11.8 Å². The van der Waals surface area contributed by atoms with Crippen LogP contribution in [0.5, 0.6) is 0 Å². The van der Waals surface area contributed by atoms with E-state index in [4.69, 9.17) is 0 Å². The third-order valence-electron chi connectivity index (χ3n) is 3.58. The molecule has 1 atom stereocenters. The summed E-state index contributed by atoms with van der Waals surface area (Å²) in [5, 5.41) is 9.01. The van der Waals surface area contributed by atoms with Gasteiger partial charge < -0.3 is 15.5 Å². The van der Waals surface area contributed by atoms with E-state index in [0.717, 1.165) is 37.6 Å². The second-order valence-electron chi connectivity index (χ2n) is 5.64. The molecule has 2 rings (SSSR count). The van der Waals surface area contributed by atoms with Crippen LogP contribution in [0.15, 0.2) is 0 Å². The van der Waals surface area contributed by atoms with Gasteiger partial charge in [-0.2, -0.15) is 0 Å². The lowest BCUT2D eigenvalue weighted by Gasteiger charge is -2.33. The standard InChI is InChI=1S/C13H24N4O2S/c1-9(2)15-13(19)16-10-3-5-17(6-4-10)12(18)11-7-20-8-14-11/h9-11,14H,3-8H2,1-2H3,(H2,15,16,19). The van der Waals surface area contributed by atoms with Gasteiger partial charge in [0.25, 0.3) is 0 Å². The molecule has 7 heteroatoms. The lowest BCUT2D eigenvalue weighted by atomic mass is 10.0. The fraction of sp³-hybridized carbons (Fsp3) is 0.846. The Morgan fingerprint density at radius 3 is 2.55 bits per heavy atom. The highest BCUT2D eigenvalue weighted by Crippen LogP contribution is 2.16. The van der Waals surface area contributed by atoms with Gasteiger partial charge in [-0.05, 0) is 26.7 Å². The summed E-state index contributed by atoms with van der Waals surface area (Å²) in [5.74, 6) is 1.94. The molecule has 2 heterocycles. The highest BCUT2D eigenvalue weighted by Gasteiger charge is 2.30. The van der Waals surface area contributed by atoms with Gasteiger partial charge in [0.15, 0.2) is 0 Å². The summed E-state index contributed by atoms with van der Waals surface area (Å²) in [7, 11) is 0. The summed E-state index contributed by atoms with van der Waals surface area (Å²) in [6, 6.07) is 0.179. The molecule has 0 aromatic carbocycles. The van der Waals surface area contributed by atoms with Crippen molar-refractivity contribution in [2.75, 3.05) is 24.7 Å². The number of nitrogens with zero attached hydrogens (tertiary/aromatic N) is 1. The van der Waals surface area contributed by atoms with Crippen LogP contribution in [-0.2, 0) is 4.79 Å². The minimum absolute atomic E-state index is 0.0197.